The van der Waals surface area contributed by atoms with E-state index in [0.717, 1.165) is 34.9 Å². The first kappa shape index (κ1) is 16.0. The van der Waals surface area contributed by atoms with Gasteiger partial charge in [0.1, 0.15) is 5.71 Å². The monoisotopic (exact) mass is 305 g/mol. The van der Waals surface area contributed by atoms with Gasteiger partial charge in [0.2, 0.25) is 0 Å². The van der Waals surface area contributed by atoms with Gasteiger partial charge in [-0.1, -0.05) is 30.3 Å². The van der Waals surface area contributed by atoms with Crippen LogP contribution in [0.15, 0.2) is 40.4 Å². The van der Waals surface area contributed by atoms with Crippen LogP contribution in [-0.2, 0) is 4.74 Å². The molecule has 0 saturated carbocycles. The van der Waals surface area contributed by atoms with Gasteiger partial charge >= 0.3 is 0 Å². The zero-order valence-corrected chi connectivity index (χ0v) is 13.5. The van der Waals surface area contributed by atoms with Gasteiger partial charge in [-0.2, -0.15) is 16.9 Å². The first-order chi connectivity index (χ1) is 10.2. The molecule has 0 aromatic heterocycles. The number of aliphatic imine (C=N–C) groups is 1. The molecule has 1 fully saturated rings. The molecule has 0 radical (unpaired) electrons. The molecule has 1 aliphatic heterocycles. The lowest BCUT2D eigenvalue weighted by atomic mass is 10.1. The zero-order chi connectivity index (χ0) is 15.1. The number of ether oxygens (including phenoxy) is 1. The summed E-state index contributed by atoms with van der Waals surface area (Å²) in [6.07, 6.45) is 3.10. The number of hydrogen-bond donors (Lipinski definition) is 1. The Labute approximate surface area is 130 Å². The summed E-state index contributed by atoms with van der Waals surface area (Å²) in [5.74, 6) is 7.36. The molecule has 1 saturated heterocycles. The highest BCUT2D eigenvalue weighted by atomic mass is 32.2. The minimum atomic E-state index is 0.373. The molecule has 0 spiro atoms. The fourth-order valence-electron chi connectivity index (χ4n) is 2.45. The SMILES string of the molecule is CN=C(CSCC1CCC(C)O1)/C(=N\N)c1ccccc1. The van der Waals surface area contributed by atoms with Gasteiger partial charge in [0.15, 0.2) is 0 Å². The van der Waals surface area contributed by atoms with Crippen LogP contribution in [0.25, 0.3) is 0 Å². The standard InChI is InChI=1S/C16H23N3OS/c1-12-8-9-14(20-12)10-21-11-15(18-2)16(19-17)13-6-4-3-5-7-13/h3-7,12,14H,8-11,17H2,1-2H3/b18-15?,19-16-. The average Bonchev–Trinajstić information content (AvgIpc) is 2.93. The van der Waals surface area contributed by atoms with Gasteiger partial charge in [-0.25, -0.2) is 0 Å². The van der Waals surface area contributed by atoms with Crippen LogP contribution in [0.4, 0.5) is 0 Å². The molecule has 4 nitrogen and oxygen atoms in total. The summed E-state index contributed by atoms with van der Waals surface area (Å²) < 4.78 is 5.83. The van der Waals surface area contributed by atoms with E-state index in [9.17, 15) is 0 Å². The lowest BCUT2D eigenvalue weighted by Gasteiger charge is -2.12. The number of hydrogen-bond acceptors (Lipinski definition) is 5. The molecule has 21 heavy (non-hydrogen) atoms. The van der Waals surface area contributed by atoms with Crippen molar-refractivity contribution in [2.75, 3.05) is 18.6 Å². The van der Waals surface area contributed by atoms with Crippen LogP contribution in [0.2, 0.25) is 0 Å². The van der Waals surface area contributed by atoms with Crippen LogP contribution in [0.1, 0.15) is 25.3 Å². The van der Waals surface area contributed by atoms with Gasteiger partial charge in [0, 0.05) is 24.1 Å². The zero-order valence-electron chi connectivity index (χ0n) is 12.7. The third-order valence-corrected chi connectivity index (χ3v) is 4.67. The van der Waals surface area contributed by atoms with E-state index in [2.05, 4.69) is 17.0 Å². The maximum atomic E-state index is 5.83. The van der Waals surface area contributed by atoms with E-state index in [1.165, 1.54) is 6.42 Å². The quantitative estimate of drug-likeness (QED) is 0.499. The van der Waals surface area contributed by atoms with E-state index < -0.39 is 0 Å². The molecule has 2 N–H and O–H groups in total. The van der Waals surface area contributed by atoms with Crippen LogP contribution in [-0.4, -0.2) is 42.2 Å². The molecule has 1 aromatic carbocycles. The van der Waals surface area contributed by atoms with Gasteiger partial charge in [-0.15, -0.1) is 0 Å². The van der Waals surface area contributed by atoms with Crippen molar-refractivity contribution in [3.05, 3.63) is 35.9 Å². The van der Waals surface area contributed by atoms with Gasteiger partial charge in [0.05, 0.1) is 17.9 Å². The van der Waals surface area contributed by atoms with Crippen molar-refractivity contribution >= 4 is 23.2 Å². The number of nitrogens with two attached hydrogens (primary N) is 1. The van der Waals surface area contributed by atoms with Crippen molar-refractivity contribution in [1.82, 2.24) is 0 Å². The van der Waals surface area contributed by atoms with Gasteiger partial charge in [0.25, 0.3) is 0 Å². The van der Waals surface area contributed by atoms with E-state index >= 15 is 0 Å². The summed E-state index contributed by atoms with van der Waals surface area (Å²) in [4.78, 5) is 4.36. The van der Waals surface area contributed by atoms with Crippen molar-refractivity contribution in [3.8, 4) is 0 Å². The highest BCUT2D eigenvalue weighted by Gasteiger charge is 2.22. The van der Waals surface area contributed by atoms with Crippen LogP contribution in [0.5, 0.6) is 0 Å². The summed E-state index contributed by atoms with van der Waals surface area (Å²) in [6.45, 7) is 2.14. The average molecular weight is 305 g/mol. The van der Waals surface area contributed by atoms with E-state index in [-0.39, 0.29) is 0 Å². The number of rotatable bonds is 6. The molecular formula is C16H23N3OS. The Balaban J connectivity index is 1.90. The predicted octanol–water partition coefficient (Wildman–Crippen LogP) is 2.72. The third kappa shape index (κ3) is 4.58. The smallest absolute Gasteiger partial charge is 0.112 e. The van der Waals surface area contributed by atoms with E-state index in [4.69, 9.17) is 10.6 Å². The second-order valence-corrected chi connectivity index (χ2v) is 6.21. The summed E-state index contributed by atoms with van der Waals surface area (Å²) in [5.41, 5.74) is 2.71. The van der Waals surface area contributed by atoms with Crippen LogP contribution < -0.4 is 5.84 Å². The Morgan fingerprint density at radius 1 is 1.33 bits per heavy atom. The van der Waals surface area contributed by atoms with Crippen LogP contribution in [0, 0.1) is 0 Å². The van der Waals surface area contributed by atoms with Crippen molar-refractivity contribution in [2.24, 2.45) is 15.9 Å². The highest BCUT2D eigenvalue weighted by molar-refractivity contribution is 8.00. The number of benzene rings is 1. The normalized spacial score (nSPS) is 23.5. The Bertz CT molecular complexity index is 502. The Kier molecular flexibility index (Phi) is 6.26. The number of nitrogens with zero attached hydrogens (tertiary/aromatic N) is 2. The predicted molar refractivity (Wildman–Crippen MR) is 91.4 cm³/mol. The summed E-state index contributed by atoms with van der Waals surface area (Å²) in [5, 5.41) is 3.93. The topological polar surface area (TPSA) is 60.0 Å². The fraction of sp³-hybridized carbons (Fsp3) is 0.500. The molecule has 1 aliphatic rings. The molecule has 1 aromatic rings. The summed E-state index contributed by atoms with van der Waals surface area (Å²) >= 11 is 1.83. The molecule has 5 heteroatoms. The van der Waals surface area contributed by atoms with Crippen LogP contribution in [0.3, 0.4) is 0 Å². The summed E-state index contributed by atoms with van der Waals surface area (Å²) in [7, 11) is 1.79. The van der Waals surface area contributed by atoms with Crippen molar-refractivity contribution < 1.29 is 4.74 Å². The first-order valence-corrected chi connectivity index (χ1v) is 8.42. The fourth-order valence-corrected chi connectivity index (χ4v) is 3.53. The molecule has 2 rings (SSSR count). The Morgan fingerprint density at radius 3 is 2.67 bits per heavy atom. The second kappa shape index (κ2) is 8.20. The number of hydrazone groups is 1. The third-order valence-electron chi connectivity index (χ3n) is 3.58. The second-order valence-electron chi connectivity index (χ2n) is 5.18. The maximum Gasteiger partial charge on any atom is 0.112 e. The molecular weight excluding hydrogens is 282 g/mol. The highest BCUT2D eigenvalue weighted by Crippen LogP contribution is 2.22. The van der Waals surface area contributed by atoms with Gasteiger partial charge in [-0.3, -0.25) is 4.99 Å². The molecule has 2 atom stereocenters. The van der Waals surface area contributed by atoms with E-state index in [1.54, 1.807) is 7.05 Å². The van der Waals surface area contributed by atoms with Crippen molar-refractivity contribution in [2.45, 2.75) is 32.0 Å². The lowest BCUT2D eigenvalue weighted by molar-refractivity contribution is 0.0700. The molecule has 0 aliphatic carbocycles. The maximum absolute atomic E-state index is 5.83. The van der Waals surface area contributed by atoms with E-state index in [0.29, 0.717) is 12.2 Å². The van der Waals surface area contributed by atoms with Gasteiger partial charge in [-0.05, 0) is 19.8 Å². The van der Waals surface area contributed by atoms with E-state index in [1.807, 2.05) is 42.1 Å². The lowest BCUT2D eigenvalue weighted by Crippen LogP contribution is -2.21. The molecule has 114 valence electrons. The Morgan fingerprint density at radius 2 is 2.10 bits per heavy atom. The van der Waals surface area contributed by atoms with Crippen LogP contribution >= 0.6 is 11.8 Å². The largest absolute Gasteiger partial charge is 0.374 e. The minimum Gasteiger partial charge on any atom is -0.374 e. The molecule has 2 unspecified atom stereocenters. The molecule has 0 bridgehead atoms. The Hall–Kier alpha value is -1.33. The summed E-state index contributed by atoms with van der Waals surface area (Å²) in [6, 6.07) is 9.95. The number of thioether (sulfide) groups is 1. The van der Waals surface area contributed by atoms with Crippen molar-refractivity contribution in [1.29, 1.82) is 0 Å². The van der Waals surface area contributed by atoms with Crippen molar-refractivity contribution in [3.63, 3.8) is 0 Å². The first-order valence-electron chi connectivity index (χ1n) is 7.27. The van der Waals surface area contributed by atoms with Gasteiger partial charge < -0.3 is 10.6 Å². The molecule has 1 heterocycles. The minimum absolute atomic E-state index is 0.373. The molecule has 0 amide bonds.